The first kappa shape index (κ1) is 12.6. The molecule has 2 heterocycles. The summed E-state index contributed by atoms with van der Waals surface area (Å²) in [6, 6.07) is 6.49. The van der Waals surface area contributed by atoms with Gasteiger partial charge in [-0.05, 0) is 36.3 Å². The van der Waals surface area contributed by atoms with Gasteiger partial charge in [-0.2, -0.15) is 5.10 Å². The van der Waals surface area contributed by atoms with E-state index in [-0.39, 0.29) is 0 Å². The molecule has 1 aliphatic rings. The van der Waals surface area contributed by atoms with E-state index in [1.54, 1.807) is 0 Å². The summed E-state index contributed by atoms with van der Waals surface area (Å²) in [4.78, 5) is 4.63. The summed E-state index contributed by atoms with van der Waals surface area (Å²) in [6.07, 6.45) is 6.12. The van der Waals surface area contributed by atoms with E-state index in [1.807, 2.05) is 12.5 Å². The maximum absolute atomic E-state index is 4.63. The summed E-state index contributed by atoms with van der Waals surface area (Å²) >= 11 is 0. The zero-order valence-electron chi connectivity index (χ0n) is 12.5. The summed E-state index contributed by atoms with van der Waals surface area (Å²) in [6.45, 7) is 5.57. The Morgan fingerprint density at radius 1 is 1.24 bits per heavy atom. The van der Waals surface area contributed by atoms with Crippen LogP contribution < -0.4 is 0 Å². The Balaban J connectivity index is 1.65. The summed E-state index contributed by atoms with van der Waals surface area (Å²) in [5.41, 5.74) is 5.11. The van der Waals surface area contributed by atoms with Crippen LogP contribution in [0.3, 0.4) is 0 Å². The molecule has 4 heteroatoms. The van der Waals surface area contributed by atoms with Gasteiger partial charge in [0, 0.05) is 17.6 Å². The number of rotatable bonds is 2. The number of imidazole rings is 1. The second kappa shape index (κ2) is 4.72. The van der Waals surface area contributed by atoms with Gasteiger partial charge in [-0.15, -0.1) is 0 Å². The number of fused-ring (bicyclic) bond motifs is 2. The van der Waals surface area contributed by atoms with Gasteiger partial charge in [0.25, 0.3) is 0 Å². The number of aromatic nitrogens is 4. The molecule has 1 aliphatic carbocycles. The second-order valence-electron chi connectivity index (χ2n) is 6.42. The highest BCUT2D eigenvalue weighted by Gasteiger charge is 2.25. The number of aromatic amines is 1. The van der Waals surface area contributed by atoms with Crippen LogP contribution in [0.25, 0.3) is 10.9 Å². The number of nitrogens with zero attached hydrogens (tertiary/aromatic N) is 3. The minimum Gasteiger partial charge on any atom is -0.330 e. The monoisotopic (exact) mass is 280 g/mol. The summed E-state index contributed by atoms with van der Waals surface area (Å²) < 4.78 is 2.31. The summed E-state index contributed by atoms with van der Waals surface area (Å²) in [5, 5.41) is 8.28. The molecule has 0 spiro atoms. The van der Waals surface area contributed by atoms with Crippen LogP contribution in [0.5, 0.6) is 0 Å². The van der Waals surface area contributed by atoms with Gasteiger partial charge >= 0.3 is 0 Å². The smallest absolute Gasteiger partial charge is 0.0954 e. The number of nitrogens with one attached hydrogen (secondary N) is 1. The van der Waals surface area contributed by atoms with Gasteiger partial charge in [0.05, 0.1) is 23.7 Å². The lowest BCUT2D eigenvalue weighted by Gasteiger charge is -2.26. The van der Waals surface area contributed by atoms with Crippen molar-refractivity contribution in [3.63, 3.8) is 0 Å². The molecule has 2 atom stereocenters. The first-order valence-corrected chi connectivity index (χ1v) is 7.65. The average Bonchev–Trinajstić information content (AvgIpc) is 3.07. The molecule has 0 aliphatic heterocycles. The topological polar surface area (TPSA) is 46.5 Å². The molecule has 2 unspecified atom stereocenters. The first-order chi connectivity index (χ1) is 10.2. The third kappa shape index (κ3) is 2.15. The van der Waals surface area contributed by atoms with Crippen LogP contribution >= 0.6 is 0 Å². The zero-order chi connectivity index (χ0) is 14.4. The van der Waals surface area contributed by atoms with E-state index in [0.29, 0.717) is 0 Å². The molecule has 0 amide bonds. The van der Waals surface area contributed by atoms with Crippen LogP contribution in [0, 0.1) is 11.8 Å². The molecule has 0 saturated carbocycles. The van der Waals surface area contributed by atoms with E-state index in [4.69, 9.17) is 0 Å². The molecule has 108 valence electrons. The molecule has 0 radical (unpaired) electrons. The maximum atomic E-state index is 4.63. The standard InChI is InChI=1S/C17H20N4/c1-11-5-16-17(6-12(11)2)21(10-18-16)9-13-3-4-14-8-19-20-15(14)7-13/h3-4,7-8,10-12H,5-6,9H2,1-2H3,(H,19,20). The molecule has 2 aromatic heterocycles. The number of hydrogen-bond acceptors (Lipinski definition) is 2. The van der Waals surface area contributed by atoms with Crippen LogP contribution in [-0.4, -0.2) is 19.7 Å². The van der Waals surface area contributed by atoms with E-state index >= 15 is 0 Å². The Morgan fingerprint density at radius 2 is 2.10 bits per heavy atom. The highest BCUT2D eigenvalue weighted by molar-refractivity contribution is 5.78. The van der Waals surface area contributed by atoms with Crippen molar-refractivity contribution in [3.05, 3.63) is 47.7 Å². The van der Waals surface area contributed by atoms with Crippen molar-refractivity contribution in [3.8, 4) is 0 Å². The Kier molecular flexibility index (Phi) is 2.84. The first-order valence-electron chi connectivity index (χ1n) is 7.65. The van der Waals surface area contributed by atoms with Crippen molar-refractivity contribution in [2.45, 2.75) is 33.2 Å². The Morgan fingerprint density at radius 3 is 3.00 bits per heavy atom. The van der Waals surface area contributed by atoms with Crippen LogP contribution in [0.4, 0.5) is 0 Å². The largest absolute Gasteiger partial charge is 0.330 e. The molecule has 3 aromatic rings. The van der Waals surface area contributed by atoms with Gasteiger partial charge < -0.3 is 4.57 Å². The molecule has 0 fully saturated rings. The average molecular weight is 280 g/mol. The Labute approximate surface area is 124 Å². The second-order valence-corrected chi connectivity index (χ2v) is 6.42. The molecular formula is C17H20N4. The Hall–Kier alpha value is -2.10. The van der Waals surface area contributed by atoms with Crippen molar-refractivity contribution < 1.29 is 0 Å². The zero-order valence-corrected chi connectivity index (χ0v) is 12.5. The SMILES string of the molecule is CC1Cc2ncn(Cc3ccc4cn[nH]c4c3)c2CC1C. The van der Waals surface area contributed by atoms with Gasteiger partial charge in [0.1, 0.15) is 0 Å². The molecule has 4 rings (SSSR count). The normalized spacial score (nSPS) is 21.6. The van der Waals surface area contributed by atoms with E-state index in [0.717, 1.165) is 42.1 Å². The molecule has 0 bridgehead atoms. The molecule has 4 nitrogen and oxygen atoms in total. The lowest BCUT2D eigenvalue weighted by atomic mass is 9.82. The summed E-state index contributed by atoms with van der Waals surface area (Å²) in [7, 11) is 0. The highest BCUT2D eigenvalue weighted by atomic mass is 15.1. The van der Waals surface area contributed by atoms with E-state index in [9.17, 15) is 0 Å². The van der Waals surface area contributed by atoms with E-state index < -0.39 is 0 Å². The van der Waals surface area contributed by atoms with Gasteiger partial charge in [-0.25, -0.2) is 4.98 Å². The fraction of sp³-hybridized carbons (Fsp3) is 0.412. The minimum absolute atomic E-state index is 0.738. The predicted octanol–water partition coefficient (Wildman–Crippen LogP) is 3.18. The number of H-pyrrole nitrogens is 1. The van der Waals surface area contributed by atoms with Crippen LogP contribution in [0.15, 0.2) is 30.7 Å². The van der Waals surface area contributed by atoms with E-state index in [2.05, 4.69) is 51.8 Å². The summed E-state index contributed by atoms with van der Waals surface area (Å²) in [5.74, 6) is 1.48. The quantitative estimate of drug-likeness (QED) is 0.783. The molecule has 1 aromatic carbocycles. The van der Waals surface area contributed by atoms with Crippen LogP contribution in [0.2, 0.25) is 0 Å². The number of hydrogen-bond donors (Lipinski definition) is 1. The minimum atomic E-state index is 0.738. The van der Waals surface area contributed by atoms with Crippen LogP contribution in [-0.2, 0) is 19.4 Å². The lowest BCUT2D eigenvalue weighted by Crippen LogP contribution is -2.22. The van der Waals surface area contributed by atoms with Gasteiger partial charge in [0.15, 0.2) is 0 Å². The fourth-order valence-corrected chi connectivity index (χ4v) is 3.28. The van der Waals surface area contributed by atoms with Crippen molar-refractivity contribution in [2.24, 2.45) is 11.8 Å². The van der Waals surface area contributed by atoms with Crippen molar-refractivity contribution in [2.75, 3.05) is 0 Å². The molecular weight excluding hydrogens is 260 g/mol. The molecule has 1 N–H and O–H groups in total. The van der Waals surface area contributed by atoms with Crippen molar-refractivity contribution in [1.29, 1.82) is 0 Å². The van der Waals surface area contributed by atoms with Crippen LogP contribution in [0.1, 0.15) is 30.8 Å². The predicted molar refractivity (Wildman–Crippen MR) is 83.2 cm³/mol. The lowest BCUT2D eigenvalue weighted by molar-refractivity contribution is 0.350. The fourth-order valence-electron chi connectivity index (χ4n) is 3.28. The van der Waals surface area contributed by atoms with Gasteiger partial charge in [-0.3, -0.25) is 5.10 Å². The van der Waals surface area contributed by atoms with Crippen molar-refractivity contribution in [1.82, 2.24) is 19.7 Å². The maximum Gasteiger partial charge on any atom is 0.0954 e. The van der Waals surface area contributed by atoms with Gasteiger partial charge in [0.2, 0.25) is 0 Å². The van der Waals surface area contributed by atoms with Crippen molar-refractivity contribution >= 4 is 10.9 Å². The van der Waals surface area contributed by atoms with Gasteiger partial charge in [-0.1, -0.05) is 26.0 Å². The highest BCUT2D eigenvalue weighted by Crippen LogP contribution is 2.29. The third-order valence-electron chi connectivity index (χ3n) is 4.89. The number of benzene rings is 1. The Bertz CT molecular complexity index is 783. The van der Waals surface area contributed by atoms with E-state index in [1.165, 1.54) is 17.0 Å². The third-order valence-corrected chi connectivity index (χ3v) is 4.89. The molecule has 21 heavy (non-hydrogen) atoms. The molecule has 0 saturated heterocycles.